The predicted octanol–water partition coefficient (Wildman–Crippen LogP) is 3.13. The van der Waals surface area contributed by atoms with Gasteiger partial charge in [-0.25, -0.2) is 0 Å². The van der Waals surface area contributed by atoms with E-state index in [9.17, 15) is 4.79 Å². The molecule has 1 amide bonds. The van der Waals surface area contributed by atoms with Crippen LogP contribution in [0, 0.1) is 0 Å². The van der Waals surface area contributed by atoms with E-state index in [1.54, 1.807) is 12.1 Å². The number of aliphatic hydroxyl groups excluding tert-OH is 1. The van der Waals surface area contributed by atoms with Crippen molar-refractivity contribution in [3.63, 3.8) is 0 Å². The number of carbonyl (C=O) groups excluding carboxylic acids is 1. The first-order valence-corrected chi connectivity index (χ1v) is 7.71. The molecule has 1 aromatic carbocycles. The molecule has 0 unspecified atom stereocenters. The zero-order valence-corrected chi connectivity index (χ0v) is 14.0. The van der Waals surface area contributed by atoms with Crippen LogP contribution in [-0.2, 0) is 4.79 Å². The minimum absolute atomic E-state index is 0.110. The van der Waals surface area contributed by atoms with Gasteiger partial charge >= 0.3 is 0 Å². The lowest BCUT2D eigenvalue weighted by Gasteiger charge is -2.25. The van der Waals surface area contributed by atoms with Crippen LogP contribution >= 0.6 is 27.5 Å². The Labute approximate surface area is 133 Å². The van der Waals surface area contributed by atoms with Gasteiger partial charge in [0.05, 0.1) is 17.3 Å². The molecular weight excluding hydrogens is 344 g/mol. The zero-order valence-electron chi connectivity index (χ0n) is 11.7. The molecule has 6 heteroatoms. The molecule has 0 spiro atoms. The van der Waals surface area contributed by atoms with Crippen molar-refractivity contribution >= 4 is 39.1 Å². The summed E-state index contributed by atoms with van der Waals surface area (Å²) in [6, 6.07) is 5.57. The minimum atomic E-state index is -0.110. The smallest absolute Gasteiger partial charge is 0.238 e. The van der Waals surface area contributed by atoms with E-state index in [1.165, 1.54) is 0 Å². The maximum absolute atomic E-state index is 12.0. The van der Waals surface area contributed by atoms with Crippen molar-refractivity contribution in [2.75, 3.05) is 25.0 Å². The fraction of sp³-hybridized carbons (Fsp3) is 0.500. The Kier molecular flexibility index (Phi) is 7.51. The highest BCUT2D eigenvalue weighted by Crippen LogP contribution is 2.25. The molecule has 1 rings (SSSR count). The van der Waals surface area contributed by atoms with Gasteiger partial charge in [0.15, 0.2) is 0 Å². The summed E-state index contributed by atoms with van der Waals surface area (Å²) in [4.78, 5) is 14.1. The monoisotopic (exact) mass is 362 g/mol. The lowest BCUT2D eigenvalue weighted by Crippen LogP contribution is -2.39. The van der Waals surface area contributed by atoms with E-state index in [0.717, 1.165) is 4.47 Å². The number of aliphatic hydroxyl groups is 1. The van der Waals surface area contributed by atoms with Crippen LogP contribution < -0.4 is 5.32 Å². The van der Waals surface area contributed by atoms with Gasteiger partial charge in [-0.15, -0.1) is 0 Å². The first kappa shape index (κ1) is 17.4. The summed E-state index contributed by atoms with van der Waals surface area (Å²) >= 11 is 9.39. The number of benzene rings is 1. The topological polar surface area (TPSA) is 52.6 Å². The van der Waals surface area contributed by atoms with E-state index in [-0.39, 0.29) is 25.1 Å². The average Bonchev–Trinajstić information content (AvgIpc) is 2.37. The summed E-state index contributed by atoms with van der Waals surface area (Å²) in [5, 5.41) is 12.2. The molecule has 0 fully saturated rings. The average molecular weight is 364 g/mol. The second kappa shape index (κ2) is 8.62. The van der Waals surface area contributed by atoms with E-state index < -0.39 is 0 Å². The number of hydrogen-bond acceptors (Lipinski definition) is 3. The van der Waals surface area contributed by atoms with Crippen LogP contribution in [0.3, 0.4) is 0 Å². The molecule has 0 saturated carbocycles. The summed E-state index contributed by atoms with van der Waals surface area (Å²) < 4.78 is 0.868. The third-order valence-electron chi connectivity index (χ3n) is 2.89. The molecule has 0 radical (unpaired) electrons. The van der Waals surface area contributed by atoms with Crippen LogP contribution in [0.1, 0.15) is 20.3 Å². The minimum Gasteiger partial charge on any atom is -0.396 e. The summed E-state index contributed by atoms with van der Waals surface area (Å²) in [5.41, 5.74) is 0.603. The van der Waals surface area contributed by atoms with Gasteiger partial charge in [0.1, 0.15) is 0 Å². The molecule has 112 valence electrons. The molecule has 0 atom stereocenters. The van der Waals surface area contributed by atoms with Gasteiger partial charge in [-0.1, -0.05) is 27.5 Å². The Hall–Kier alpha value is -0.620. The first-order valence-electron chi connectivity index (χ1n) is 6.54. The molecule has 0 heterocycles. The van der Waals surface area contributed by atoms with Crippen molar-refractivity contribution in [3.05, 3.63) is 27.7 Å². The molecule has 4 nitrogen and oxygen atoms in total. The Morgan fingerprint density at radius 2 is 2.20 bits per heavy atom. The van der Waals surface area contributed by atoms with E-state index in [1.807, 2.05) is 24.8 Å². The highest BCUT2D eigenvalue weighted by atomic mass is 79.9. The molecule has 0 saturated heterocycles. The Bertz CT molecular complexity index is 455. The molecule has 0 aliphatic heterocycles. The van der Waals surface area contributed by atoms with E-state index in [2.05, 4.69) is 21.2 Å². The van der Waals surface area contributed by atoms with E-state index >= 15 is 0 Å². The molecule has 20 heavy (non-hydrogen) atoms. The van der Waals surface area contributed by atoms with Crippen LogP contribution in [0.4, 0.5) is 5.69 Å². The SMILES string of the molecule is CC(C)N(CCCO)CC(=O)Nc1ccc(Br)cc1Cl. The number of anilines is 1. The Morgan fingerprint density at radius 1 is 1.50 bits per heavy atom. The quantitative estimate of drug-likeness (QED) is 0.782. The summed E-state index contributed by atoms with van der Waals surface area (Å²) in [7, 11) is 0. The van der Waals surface area contributed by atoms with Gasteiger partial charge in [0.25, 0.3) is 0 Å². The van der Waals surface area contributed by atoms with Crippen LogP contribution in [-0.4, -0.2) is 41.7 Å². The van der Waals surface area contributed by atoms with Crippen LogP contribution in [0.5, 0.6) is 0 Å². The Morgan fingerprint density at radius 3 is 2.75 bits per heavy atom. The number of hydrogen-bond donors (Lipinski definition) is 2. The maximum Gasteiger partial charge on any atom is 0.238 e. The number of nitrogens with zero attached hydrogens (tertiary/aromatic N) is 1. The number of rotatable bonds is 7. The van der Waals surface area contributed by atoms with Crippen LogP contribution in [0.25, 0.3) is 0 Å². The van der Waals surface area contributed by atoms with Gasteiger partial charge in [0.2, 0.25) is 5.91 Å². The van der Waals surface area contributed by atoms with Crippen molar-refractivity contribution in [2.45, 2.75) is 26.3 Å². The molecule has 0 aromatic heterocycles. The fourth-order valence-electron chi connectivity index (χ4n) is 1.76. The number of carbonyl (C=O) groups is 1. The lowest BCUT2D eigenvalue weighted by molar-refractivity contribution is -0.117. The van der Waals surface area contributed by atoms with Crippen molar-refractivity contribution < 1.29 is 9.90 Å². The molecule has 1 aromatic rings. The predicted molar refractivity (Wildman–Crippen MR) is 86.2 cm³/mol. The third-order valence-corrected chi connectivity index (χ3v) is 3.69. The van der Waals surface area contributed by atoms with Crippen LogP contribution in [0.15, 0.2) is 22.7 Å². The van der Waals surface area contributed by atoms with Crippen molar-refractivity contribution in [1.29, 1.82) is 0 Å². The maximum atomic E-state index is 12.0. The van der Waals surface area contributed by atoms with E-state index in [0.29, 0.717) is 23.7 Å². The van der Waals surface area contributed by atoms with Crippen LogP contribution in [0.2, 0.25) is 5.02 Å². The van der Waals surface area contributed by atoms with E-state index in [4.69, 9.17) is 16.7 Å². The van der Waals surface area contributed by atoms with Crippen molar-refractivity contribution in [2.24, 2.45) is 0 Å². The summed E-state index contributed by atoms with van der Waals surface area (Å²) in [5.74, 6) is -0.110. The number of amides is 1. The third kappa shape index (κ3) is 5.79. The summed E-state index contributed by atoms with van der Waals surface area (Å²) in [6.45, 7) is 5.15. The van der Waals surface area contributed by atoms with Gasteiger partial charge in [-0.05, 0) is 38.5 Å². The normalized spacial score (nSPS) is 11.2. The Balaban J connectivity index is 2.61. The second-order valence-electron chi connectivity index (χ2n) is 4.81. The highest BCUT2D eigenvalue weighted by Gasteiger charge is 2.14. The zero-order chi connectivity index (χ0) is 15.1. The largest absolute Gasteiger partial charge is 0.396 e. The molecule has 0 bridgehead atoms. The van der Waals surface area contributed by atoms with Gasteiger partial charge < -0.3 is 10.4 Å². The lowest BCUT2D eigenvalue weighted by atomic mass is 10.2. The number of halogens is 2. The van der Waals surface area contributed by atoms with Gasteiger partial charge in [-0.3, -0.25) is 9.69 Å². The van der Waals surface area contributed by atoms with Gasteiger partial charge in [0, 0.05) is 23.7 Å². The number of nitrogens with one attached hydrogen (secondary N) is 1. The van der Waals surface area contributed by atoms with Crippen molar-refractivity contribution in [1.82, 2.24) is 4.90 Å². The molecule has 2 N–H and O–H groups in total. The fourth-order valence-corrected chi connectivity index (χ4v) is 2.48. The second-order valence-corrected chi connectivity index (χ2v) is 6.14. The standard InChI is InChI=1S/C14H20BrClN2O2/c1-10(2)18(6-3-7-19)9-14(20)17-13-5-4-11(15)8-12(13)16/h4-5,8,10,19H,3,6-7,9H2,1-2H3,(H,17,20). The van der Waals surface area contributed by atoms with Gasteiger partial charge in [-0.2, -0.15) is 0 Å². The van der Waals surface area contributed by atoms with Crippen molar-refractivity contribution in [3.8, 4) is 0 Å². The molecular formula is C14H20BrClN2O2. The highest BCUT2D eigenvalue weighted by molar-refractivity contribution is 9.10. The first-order chi connectivity index (χ1) is 9.43. The molecule has 0 aliphatic rings. The summed E-state index contributed by atoms with van der Waals surface area (Å²) in [6.07, 6.45) is 0.657. The molecule has 0 aliphatic carbocycles.